The van der Waals surface area contributed by atoms with Crippen molar-refractivity contribution in [1.82, 2.24) is 15.0 Å². The molecule has 100 valence electrons. The van der Waals surface area contributed by atoms with Gasteiger partial charge in [0.05, 0.1) is 6.61 Å². The molecule has 1 saturated carbocycles. The second-order valence-corrected chi connectivity index (χ2v) is 4.85. The van der Waals surface area contributed by atoms with Crippen molar-refractivity contribution in [3.05, 3.63) is 5.28 Å². The number of hydrogen-bond donors (Lipinski definition) is 0. The van der Waals surface area contributed by atoms with Crippen LogP contribution in [0.15, 0.2) is 0 Å². The summed E-state index contributed by atoms with van der Waals surface area (Å²) in [4.78, 5) is 14.7. The van der Waals surface area contributed by atoms with Gasteiger partial charge in [0.15, 0.2) is 0 Å². The van der Waals surface area contributed by atoms with Crippen LogP contribution in [0.3, 0.4) is 0 Å². The van der Waals surface area contributed by atoms with E-state index >= 15 is 0 Å². The smallest absolute Gasteiger partial charge is 0.322 e. The number of rotatable bonds is 7. The zero-order valence-electron chi connectivity index (χ0n) is 10.9. The summed E-state index contributed by atoms with van der Waals surface area (Å²) in [5.41, 5.74) is 0. The number of halogens is 1. The van der Waals surface area contributed by atoms with Gasteiger partial charge >= 0.3 is 6.01 Å². The van der Waals surface area contributed by atoms with Crippen LogP contribution in [-0.2, 0) is 0 Å². The van der Waals surface area contributed by atoms with Crippen LogP contribution in [0.4, 0.5) is 5.95 Å². The maximum atomic E-state index is 5.91. The Morgan fingerprint density at radius 3 is 2.67 bits per heavy atom. The first-order valence-corrected chi connectivity index (χ1v) is 6.90. The molecule has 1 aromatic heterocycles. The SMILES string of the molecule is CCCN(CC1CC1)c1nc(Cl)nc(OCC)n1. The molecule has 1 aliphatic carbocycles. The van der Waals surface area contributed by atoms with Crippen molar-refractivity contribution in [3.8, 4) is 6.01 Å². The summed E-state index contributed by atoms with van der Waals surface area (Å²) in [6, 6.07) is 0.310. The second-order valence-electron chi connectivity index (χ2n) is 4.51. The number of nitrogens with zero attached hydrogens (tertiary/aromatic N) is 4. The van der Waals surface area contributed by atoms with Crippen molar-refractivity contribution < 1.29 is 4.74 Å². The average Bonchev–Trinajstić information content (AvgIpc) is 3.12. The van der Waals surface area contributed by atoms with Gasteiger partial charge in [-0.2, -0.15) is 15.0 Å². The molecule has 0 atom stereocenters. The highest BCUT2D eigenvalue weighted by Crippen LogP contribution is 2.31. The molecule has 0 saturated heterocycles. The van der Waals surface area contributed by atoms with Crippen molar-refractivity contribution in [2.24, 2.45) is 5.92 Å². The lowest BCUT2D eigenvalue weighted by atomic mass is 10.3. The third-order valence-electron chi connectivity index (χ3n) is 2.80. The van der Waals surface area contributed by atoms with Crippen molar-refractivity contribution in [2.75, 3.05) is 24.6 Å². The number of hydrogen-bond acceptors (Lipinski definition) is 5. The van der Waals surface area contributed by atoms with Crippen LogP contribution in [0.1, 0.15) is 33.1 Å². The third-order valence-corrected chi connectivity index (χ3v) is 2.97. The molecule has 2 rings (SSSR count). The van der Waals surface area contributed by atoms with E-state index in [1.54, 1.807) is 0 Å². The molecular formula is C12H19ClN4O. The highest BCUT2D eigenvalue weighted by atomic mass is 35.5. The third kappa shape index (κ3) is 3.70. The maximum Gasteiger partial charge on any atom is 0.322 e. The topological polar surface area (TPSA) is 51.1 Å². The van der Waals surface area contributed by atoms with Gasteiger partial charge in [-0.15, -0.1) is 0 Å². The minimum absolute atomic E-state index is 0.195. The quantitative estimate of drug-likeness (QED) is 0.762. The molecule has 1 aliphatic rings. The zero-order chi connectivity index (χ0) is 13.0. The Morgan fingerprint density at radius 2 is 2.06 bits per heavy atom. The fraction of sp³-hybridized carbons (Fsp3) is 0.750. The van der Waals surface area contributed by atoms with E-state index in [0.717, 1.165) is 25.4 Å². The lowest BCUT2D eigenvalue weighted by Gasteiger charge is -2.21. The van der Waals surface area contributed by atoms with Crippen molar-refractivity contribution >= 4 is 17.5 Å². The first-order chi connectivity index (χ1) is 8.72. The van der Waals surface area contributed by atoms with E-state index in [1.807, 2.05) is 6.92 Å². The number of anilines is 1. The zero-order valence-corrected chi connectivity index (χ0v) is 11.7. The van der Waals surface area contributed by atoms with Crippen molar-refractivity contribution in [2.45, 2.75) is 33.1 Å². The van der Waals surface area contributed by atoms with Gasteiger partial charge in [0.2, 0.25) is 11.2 Å². The minimum Gasteiger partial charge on any atom is -0.464 e. The molecule has 18 heavy (non-hydrogen) atoms. The molecule has 0 bridgehead atoms. The van der Waals surface area contributed by atoms with Crippen LogP contribution < -0.4 is 9.64 Å². The van der Waals surface area contributed by atoms with E-state index in [9.17, 15) is 0 Å². The minimum atomic E-state index is 0.195. The Balaban J connectivity index is 2.15. The number of ether oxygens (including phenoxy) is 1. The Hall–Kier alpha value is -1.10. The molecule has 0 spiro atoms. The summed E-state index contributed by atoms with van der Waals surface area (Å²) >= 11 is 5.91. The summed E-state index contributed by atoms with van der Waals surface area (Å²) in [6.45, 7) is 6.50. The molecule has 1 fully saturated rings. The molecule has 5 nitrogen and oxygen atoms in total. The highest BCUT2D eigenvalue weighted by Gasteiger charge is 2.25. The second kappa shape index (κ2) is 6.18. The molecule has 0 aromatic carbocycles. The molecular weight excluding hydrogens is 252 g/mol. The van der Waals surface area contributed by atoms with Gasteiger partial charge in [-0.1, -0.05) is 6.92 Å². The summed E-state index contributed by atoms with van der Waals surface area (Å²) in [5, 5.41) is 0.195. The maximum absolute atomic E-state index is 5.91. The average molecular weight is 271 g/mol. The molecule has 0 radical (unpaired) electrons. The van der Waals surface area contributed by atoms with Crippen LogP contribution in [0.2, 0.25) is 5.28 Å². The number of aromatic nitrogens is 3. The Labute approximate surface area is 113 Å². The van der Waals surface area contributed by atoms with Gasteiger partial charge in [-0.05, 0) is 43.7 Å². The fourth-order valence-electron chi connectivity index (χ4n) is 1.81. The van der Waals surface area contributed by atoms with Gasteiger partial charge in [-0.25, -0.2) is 0 Å². The van der Waals surface area contributed by atoms with Crippen LogP contribution in [0.25, 0.3) is 0 Å². The van der Waals surface area contributed by atoms with Crippen molar-refractivity contribution in [1.29, 1.82) is 0 Å². The largest absolute Gasteiger partial charge is 0.464 e. The first kappa shape index (κ1) is 13.3. The lowest BCUT2D eigenvalue weighted by Crippen LogP contribution is -2.28. The molecule has 0 aliphatic heterocycles. The van der Waals surface area contributed by atoms with E-state index in [2.05, 4.69) is 26.8 Å². The normalized spacial score (nSPS) is 14.6. The van der Waals surface area contributed by atoms with Gasteiger partial charge in [0.25, 0.3) is 0 Å². The fourth-order valence-corrected chi connectivity index (χ4v) is 1.96. The molecule has 0 N–H and O–H groups in total. The van der Waals surface area contributed by atoms with E-state index < -0.39 is 0 Å². The van der Waals surface area contributed by atoms with Crippen LogP contribution >= 0.6 is 11.6 Å². The molecule has 0 unspecified atom stereocenters. The summed E-state index contributed by atoms with van der Waals surface area (Å²) in [7, 11) is 0. The molecule has 6 heteroatoms. The van der Waals surface area contributed by atoms with Gasteiger partial charge < -0.3 is 9.64 Å². The monoisotopic (exact) mass is 270 g/mol. The van der Waals surface area contributed by atoms with Crippen LogP contribution in [0, 0.1) is 5.92 Å². The molecule has 1 heterocycles. The van der Waals surface area contributed by atoms with Crippen LogP contribution in [-0.4, -0.2) is 34.6 Å². The predicted molar refractivity (Wildman–Crippen MR) is 71.2 cm³/mol. The summed E-state index contributed by atoms with van der Waals surface area (Å²) in [6.07, 6.45) is 3.66. The van der Waals surface area contributed by atoms with E-state index in [4.69, 9.17) is 16.3 Å². The van der Waals surface area contributed by atoms with E-state index in [0.29, 0.717) is 18.6 Å². The Bertz CT molecular complexity index is 398. The van der Waals surface area contributed by atoms with Gasteiger partial charge in [-0.3, -0.25) is 0 Å². The summed E-state index contributed by atoms with van der Waals surface area (Å²) < 4.78 is 5.30. The summed E-state index contributed by atoms with van der Waals surface area (Å²) in [5.74, 6) is 1.41. The van der Waals surface area contributed by atoms with Crippen molar-refractivity contribution in [3.63, 3.8) is 0 Å². The molecule has 0 amide bonds. The van der Waals surface area contributed by atoms with Crippen LogP contribution in [0.5, 0.6) is 6.01 Å². The van der Waals surface area contributed by atoms with Gasteiger partial charge in [0.1, 0.15) is 0 Å². The Kier molecular flexibility index (Phi) is 4.58. The Morgan fingerprint density at radius 1 is 1.28 bits per heavy atom. The van der Waals surface area contributed by atoms with E-state index in [1.165, 1.54) is 12.8 Å². The molecule has 1 aromatic rings. The first-order valence-electron chi connectivity index (χ1n) is 6.52. The van der Waals surface area contributed by atoms with Gasteiger partial charge in [0, 0.05) is 13.1 Å². The predicted octanol–water partition coefficient (Wildman–Crippen LogP) is 2.55. The lowest BCUT2D eigenvalue weighted by molar-refractivity contribution is 0.311. The highest BCUT2D eigenvalue weighted by molar-refractivity contribution is 6.28. The van der Waals surface area contributed by atoms with E-state index in [-0.39, 0.29) is 5.28 Å². The standard InChI is InChI=1S/C12H19ClN4O/c1-3-7-17(8-9-5-6-9)11-14-10(13)15-12(16-11)18-4-2/h9H,3-8H2,1-2H3.